The normalized spacial score (nSPS) is 16.9. The standard InChI is InChI=1S/C16H31N3O2/c1-5-17-12-13-7-10-19(11-8-13)14(20)6-9-18-15(21)16(2,3)4/h13,17H,5-12H2,1-4H3,(H,18,21). The van der Waals surface area contributed by atoms with Gasteiger partial charge in [-0.25, -0.2) is 0 Å². The number of hydrogen-bond acceptors (Lipinski definition) is 3. The Morgan fingerprint density at radius 1 is 1.19 bits per heavy atom. The summed E-state index contributed by atoms with van der Waals surface area (Å²) in [6.07, 6.45) is 2.56. The molecule has 2 amide bonds. The maximum absolute atomic E-state index is 12.1. The summed E-state index contributed by atoms with van der Waals surface area (Å²) in [4.78, 5) is 25.8. The fourth-order valence-electron chi connectivity index (χ4n) is 2.44. The second-order valence-corrected chi connectivity index (χ2v) is 6.89. The van der Waals surface area contributed by atoms with Crippen molar-refractivity contribution >= 4 is 11.8 Å². The Balaban J connectivity index is 2.21. The van der Waals surface area contributed by atoms with E-state index in [9.17, 15) is 9.59 Å². The predicted molar refractivity (Wildman–Crippen MR) is 84.9 cm³/mol. The highest BCUT2D eigenvalue weighted by Gasteiger charge is 2.23. The van der Waals surface area contributed by atoms with Crippen LogP contribution < -0.4 is 10.6 Å². The quantitative estimate of drug-likeness (QED) is 0.779. The summed E-state index contributed by atoms with van der Waals surface area (Å²) < 4.78 is 0. The first-order chi connectivity index (χ1) is 9.84. The van der Waals surface area contributed by atoms with Crippen LogP contribution in [0.15, 0.2) is 0 Å². The lowest BCUT2D eigenvalue weighted by Gasteiger charge is -2.32. The third-order valence-electron chi connectivity index (χ3n) is 3.96. The first kappa shape index (κ1) is 18.0. The van der Waals surface area contributed by atoms with Crippen molar-refractivity contribution < 1.29 is 9.59 Å². The van der Waals surface area contributed by atoms with Crippen molar-refractivity contribution in [2.75, 3.05) is 32.7 Å². The minimum atomic E-state index is -0.395. The monoisotopic (exact) mass is 297 g/mol. The maximum atomic E-state index is 12.1. The molecule has 21 heavy (non-hydrogen) atoms. The van der Waals surface area contributed by atoms with E-state index >= 15 is 0 Å². The van der Waals surface area contributed by atoms with E-state index < -0.39 is 5.41 Å². The fourth-order valence-corrected chi connectivity index (χ4v) is 2.44. The number of amides is 2. The van der Waals surface area contributed by atoms with Crippen molar-refractivity contribution in [3.63, 3.8) is 0 Å². The molecule has 0 spiro atoms. The molecule has 2 N–H and O–H groups in total. The van der Waals surface area contributed by atoms with Gasteiger partial charge in [-0.3, -0.25) is 9.59 Å². The lowest BCUT2D eigenvalue weighted by molar-refractivity contribution is -0.133. The number of hydrogen-bond donors (Lipinski definition) is 2. The number of rotatable bonds is 6. The average molecular weight is 297 g/mol. The van der Waals surface area contributed by atoms with Gasteiger partial charge in [0.25, 0.3) is 0 Å². The lowest BCUT2D eigenvalue weighted by Crippen LogP contribution is -2.42. The topological polar surface area (TPSA) is 61.4 Å². The molecular weight excluding hydrogens is 266 g/mol. The van der Waals surface area contributed by atoms with Crippen molar-refractivity contribution in [2.45, 2.75) is 47.0 Å². The number of carbonyl (C=O) groups is 2. The molecule has 0 atom stereocenters. The van der Waals surface area contributed by atoms with Gasteiger partial charge in [-0.05, 0) is 31.8 Å². The van der Waals surface area contributed by atoms with E-state index in [1.807, 2.05) is 25.7 Å². The number of nitrogens with one attached hydrogen (secondary N) is 2. The summed E-state index contributed by atoms with van der Waals surface area (Å²) in [6, 6.07) is 0. The van der Waals surface area contributed by atoms with Gasteiger partial charge in [-0.2, -0.15) is 0 Å². The van der Waals surface area contributed by atoms with Gasteiger partial charge >= 0.3 is 0 Å². The molecule has 0 bridgehead atoms. The molecule has 1 fully saturated rings. The Hall–Kier alpha value is -1.10. The SMILES string of the molecule is CCNCC1CCN(C(=O)CCNC(=O)C(C)(C)C)CC1. The zero-order valence-electron chi connectivity index (χ0n) is 14.0. The Bertz CT molecular complexity index is 342. The molecule has 0 aliphatic carbocycles. The first-order valence-corrected chi connectivity index (χ1v) is 8.11. The van der Waals surface area contributed by atoms with Gasteiger partial charge in [0.1, 0.15) is 0 Å². The third kappa shape index (κ3) is 6.46. The summed E-state index contributed by atoms with van der Waals surface area (Å²) in [5.41, 5.74) is -0.395. The van der Waals surface area contributed by atoms with Crippen molar-refractivity contribution in [1.82, 2.24) is 15.5 Å². The molecule has 0 radical (unpaired) electrons. The van der Waals surface area contributed by atoms with Crippen molar-refractivity contribution in [1.29, 1.82) is 0 Å². The van der Waals surface area contributed by atoms with Gasteiger partial charge < -0.3 is 15.5 Å². The van der Waals surface area contributed by atoms with Crippen molar-refractivity contribution in [3.05, 3.63) is 0 Å². The van der Waals surface area contributed by atoms with Crippen LogP contribution in [-0.4, -0.2) is 49.4 Å². The van der Waals surface area contributed by atoms with Crippen LogP contribution in [0.5, 0.6) is 0 Å². The number of nitrogens with zero attached hydrogens (tertiary/aromatic N) is 1. The van der Waals surface area contributed by atoms with E-state index in [0.29, 0.717) is 18.9 Å². The van der Waals surface area contributed by atoms with Crippen LogP contribution in [0.2, 0.25) is 0 Å². The molecule has 5 nitrogen and oxygen atoms in total. The summed E-state index contributed by atoms with van der Waals surface area (Å²) in [7, 11) is 0. The summed E-state index contributed by atoms with van der Waals surface area (Å²) in [5, 5.41) is 6.20. The molecule has 0 unspecified atom stereocenters. The minimum Gasteiger partial charge on any atom is -0.355 e. The van der Waals surface area contributed by atoms with Gasteiger partial charge in [0.15, 0.2) is 0 Å². The van der Waals surface area contributed by atoms with E-state index in [1.54, 1.807) is 0 Å². The molecule has 0 aromatic carbocycles. The predicted octanol–water partition coefficient (Wildman–Crippen LogP) is 1.39. The van der Waals surface area contributed by atoms with Crippen LogP contribution in [0.4, 0.5) is 0 Å². The van der Waals surface area contributed by atoms with Gasteiger partial charge in [-0.1, -0.05) is 27.7 Å². The number of likely N-dealkylation sites (tertiary alicyclic amines) is 1. The van der Waals surface area contributed by atoms with E-state index in [-0.39, 0.29) is 11.8 Å². The van der Waals surface area contributed by atoms with E-state index in [0.717, 1.165) is 39.0 Å². The molecule has 0 saturated carbocycles. The van der Waals surface area contributed by atoms with E-state index in [2.05, 4.69) is 17.6 Å². The molecule has 0 aromatic rings. The Labute approximate surface area is 128 Å². The summed E-state index contributed by atoms with van der Waals surface area (Å²) in [6.45, 7) is 11.9. The molecule has 1 heterocycles. The highest BCUT2D eigenvalue weighted by atomic mass is 16.2. The molecule has 0 aromatic heterocycles. The van der Waals surface area contributed by atoms with Gasteiger partial charge in [0.2, 0.25) is 11.8 Å². The van der Waals surface area contributed by atoms with Crippen LogP contribution in [0.25, 0.3) is 0 Å². The summed E-state index contributed by atoms with van der Waals surface area (Å²) in [5.74, 6) is 0.848. The van der Waals surface area contributed by atoms with Gasteiger partial charge in [0.05, 0.1) is 0 Å². The zero-order chi connectivity index (χ0) is 15.9. The first-order valence-electron chi connectivity index (χ1n) is 8.11. The highest BCUT2D eigenvalue weighted by Crippen LogP contribution is 2.17. The van der Waals surface area contributed by atoms with Crippen LogP contribution in [0.1, 0.15) is 47.0 Å². The molecule has 5 heteroatoms. The lowest BCUT2D eigenvalue weighted by atomic mass is 9.95. The Kier molecular flexibility index (Phi) is 7.15. The molecule has 122 valence electrons. The van der Waals surface area contributed by atoms with Crippen LogP contribution in [0.3, 0.4) is 0 Å². The van der Waals surface area contributed by atoms with E-state index in [1.165, 1.54) is 0 Å². The highest BCUT2D eigenvalue weighted by molar-refractivity contribution is 5.82. The zero-order valence-corrected chi connectivity index (χ0v) is 14.0. The van der Waals surface area contributed by atoms with Crippen LogP contribution in [-0.2, 0) is 9.59 Å². The second-order valence-electron chi connectivity index (χ2n) is 6.89. The van der Waals surface area contributed by atoms with Crippen molar-refractivity contribution in [2.24, 2.45) is 11.3 Å². The Morgan fingerprint density at radius 3 is 2.33 bits per heavy atom. The van der Waals surface area contributed by atoms with Gasteiger partial charge in [-0.15, -0.1) is 0 Å². The molecule has 1 saturated heterocycles. The minimum absolute atomic E-state index is 0.000326. The molecular formula is C16H31N3O2. The summed E-state index contributed by atoms with van der Waals surface area (Å²) >= 11 is 0. The number of piperidine rings is 1. The van der Waals surface area contributed by atoms with Crippen LogP contribution >= 0.6 is 0 Å². The molecule has 1 aliphatic rings. The van der Waals surface area contributed by atoms with Crippen LogP contribution in [0, 0.1) is 11.3 Å². The largest absolute Gasteiger partial charge is 0.355 e. The molecule has 1 aliphatic heterocycles. The van der Waals surface area contributed by atoms with Crippen molar-refractivity contribution in [3.8, 4) is 0 Å². The maximum Gasteiger partial charge on any atom is 0.225 e. The Morgan fingerprint density at radius 2 is 1.81 bits per heavy atom. The van der Waals surface area contributed by atoms with E-state index in [4.69, 9.17) is 0 Å². The van der Waals surface area contributed by atoms with Gasteiger partial charge in [0, 0.05) is 31.5 Å². The third-order valence-corrected chi connectivity index (χ3v) is 3.96. The average Bonchev–Trinajstić information content (AvgIpc) is 2.44. The smallest absolute Gasteiger partial charge is 0.225 e. The molecule has 1 rings (SSSR count). The fraction of sp³-hybridized carbons (Fsp3) is 0.875. The second kappa shape index (κ2) is 8.37. The number of carbonyl (C=O) groups excluding carboxylic acids is 2.